The van der Waals surface area contributed by atoms with Gasteiger partial charge in [-0.2, -0.15) is 0 Å². The summed E-state index contributed by atoms with van der Waals surface area (Å²) >= 11 is 13.5. The van der Waals surface area contributed by atoms with Gasteiger partial charge < -0.3 is 20.8 Å². The van der Waals surface area contributed by atoms with Crippen molar-refractivity contribution in [1.29, 1.82) is 0 Å². The quantitative estimate of drug-likeness (QED) is 0.290. The average Bonchev–Trinajstić information content (AvgIpc) is 2.59. The zero-order valence-corrected chi connectivity index (χ0v) is 16.3. The summed E-state index contributed by atoms with van der Waals surface area (Å²) in [7, 11) is 0. The van der Waals surface area contributed by atoms with Crippen molar-refractivity contribution in [1.82, 2.24) is 5.43 Å². The lowest BCUT2D eigenvalue weighted by Gasteiger charge is -2.33. The summed E-state index contributed by atoms with van der Waals surface area (Å²) in [6.45, 7) is 3.74. The number of halogens is 2. The van der Waals surface area contributed by atoms with Crippen molar-refractivity contribution in [2.75, 3.05) is 24.6 Å². The lowest BCUT2D eigenvalue weighted by molar-refractivity contribution is -0.139. The van der Waals surface area contributed by atoms with Gasteiger partial charge in [0.25, 0.3) is 0 Å². The number of hydrogen-bond donors (Lipinski definition) is 3. The van der Waals surface area contributed by atoms with Crippen LogP contribution in [-0.2, 0) is 9.53 Å². The second-order valence-corrected chi connectivity index (χ2v) is 7.66. The molecule has 2 rings (SSSR count). The summed E-state index contributed by atoms with van der Waals surface area (Å²) in [6.07, 6.45) is 1.85. The van der Waals surface area contributed by atoms with E-state index < -0.39 is 5.97 Å². The predicted molar refractivity (Wildman–Crippen MR) is 104 cm³/mol. The van der Waals surface area contributed by atoms with E-state index in [0.29, 0.717) is 20.3 Å². The maximum absolute atomic E-state index is 11.8. The molecular weight excluding hydrogens is 383 g/mol. The van der Waals surface area contributed by atoms with Crippen LogP contribution >= 0.6 is 35.0 Å². The molecule has 6 nitrogen and oxygen atoms in total. The van der Waals surface area contributed by atoms with Crippen LogP contribution in [0, 0.1) is 0 Å². The Kier molecular flexibility index (Phi) is 7.56. The summed E-state index contributed by atoms with van der Waals surface area (Å²) in [5, 5.41) is 1.76. The number of carbonyl (C=O) groups is 1. The molecule has 0 saturated carbocycles. The van der Waals surface area contributed by atoms with E-state index in [-0.39, 0.29) is 12.3 Å². The van der Waals surface area contributed by atoms with Crippen LogP contribution in [0.5, 0.6) is 0 Å². The molecule has 138 valence electrons. The van der Waals surface area contributed by atoms with E-state index in [2.05, 4.69) is 10.3 Å². The standard InChI is InChI=1S/C16H22Cl2N4O2S/c1-2-24-16(23)14(21-20)15(19)25-11-5-7-22(8-6-11)10-3-4-12(17)13(18)9-10/h3-4,9,11,21H,2,5-8,19-20H2,1H3/b15-14+. The Labute approximate surface area is 161 Å². The highest BCUT2D eigenvalue weighted by molar-refractivity contribution is 8.03. The third-order valence-corrected chi connectivity index (χ3v) is 5.88. The molecule has 1 aliphatic heterocycles. The highest BCUT2D eigenvalue weighted by atomic mass is 35.5. The van der Waals surface area contributed by atoms with Crippen LogP contribution in [0.4, 0.5) is 5.69 Å². The van der Waals surface area contributed by atoms with E-state index in [1.807, 2.05) is 12.1 Å². The Balaban J connectivity index is 1.95. The summed E-state index contributed by atoms with van der Waals surface area (Å²) in [6, 6.07) is 5.65. The van der Waals surface area contributed by atoms with Crippen molar-refractivity contribution in [3.05, 3.63) is 39.0 Å². The number of hydrogen-bond acceptors (Lipinski definition) is 7. The topological polar surface area (TPSA) is 93.6 Å². The molecule has 1 aromatic carbocycles. The van der Waals surface area contributed by atoms with Gasteiger partial charge in [-0.3, -0.25) is 5.84 Å². The first-order valence-corrected chi connectivity index (χ1v) is 9.60. The van der Waals surface area contributed by atoms with Crippen molar-refractivity contribution >= 4 is 46.6 Å². The fourth-order valence-corrected chi connectivity index (χ4v) is 3.94. The van der Waals surface area contributed by atoms with E-state index in [1.54, 1.807) is 13.0 Å². The molecule has 0 radical (unpaired) electrons. The van der Waals surface area contributed by atoms with E-state index >= 15 is 0 Å². The minimum absolute atomic E-state index is 0.110. The Morgan fingerprint density at radius 1 is 1.36 bits per heavy atom. The fraction of sp³-hybridized carbons (Fsp3) is 0.438. The van der Waals surface area contributed by atoms with Crippen LogP contribution in [0.25, 0.3) is 0 Å². The van der Waals surface area contributed by atoms with Crippen LogP contribution in [0.15, 0.2) is 28.9 Å². The number of thioether (sulfide) groups is 1. The molecule has 1 heterocycles. The molecule has 0 spiro atoms. The highest BCUT2D eigenvalue weighted by Crippen LogP contribution is 2.32. The molecule has 0 unspecified atom stereocenters. The molecule has 0 amide bonds. The van der Waals surface area contributed by atoms with Gasteiger partial charge in [0, 0.05) is 24.0 Å². The van der Waals surface area contributed by atoms with Crippen molar-refractivity contribution in [3.63, 3.8) is 0 Å². The number of nitrogens with one attached hydrogen (secondary N) is 1. The van der Waals surface area contributed by atoms with Crippen molar-refractivity contribution in [3.8, 4) is 0 Å². The fourth-order valence-electron chi connectivity index (χ4n) is 2.59. The number of benzene rings is 1. The molecule has 0 aliphatic carbocycles. The Morgan fingerprint density at radius 3 is 2.60 bits per heavy atom. The van der Waals surface area contributed by atoms with Crippen LogP contribution in [0.1, 0.15) is 19.8 Å². The SMILES string of the molecule is CCOC(=O)/C(NN)=C(/N)SC1CCN(c2ccc(Cl)c(Cl)c2)CC1. The number of nitrogens with zero attached hydrogens (tertiary/aromatic N) is 1. The molecule has 0 aromatic heterocycles. The lowest BCUT2D eigenvalue weighted by atomic mass is 10.1. The summed E-state index contributed by atoms with van der Waals surface area (Å²) in [5.41, 5.74) is 9.53. The van der Waals surface area contributed by atoms with Gasteiger partial charge >= 0.3 is 5.97 Å². The van der Waals surface area contributed by atoms with Gasteiger partial charge in [-0.1, -0.05) is 23.2 Å². The van der Waals surface area contributed by atoms with Crippen molar-refractivity contribution in [2.45, 2.75) is 25.0 Å². The molecule has 1 aromatic rings. The van der Waals surface area contributed by atoms with Gasteiger partial charge in [0.2, 0.25) is 0 Å². The average molecular weight is 405 g/mol. The lowest BCUT2D eigenvalue weighted by Crippen LogP contribution is -2.36. The predicted octanol–water partition coefficient (Wildman–Crippen LogP) is 2.85. The summed E-state index contributed by atoms with van der Waals surface area (Å²) in [4.78, 5) is 14.1. The summed E-state index contributed by atoms with van der Waals surface area (Å²) in [5.74, 6) is 4.86. The molecule has 5 N–H and O–H groups in total. The Hall–Kier alpha value is -1.28. The molecule has 25 heavy (non-hydrogen) atoms. The van der Waals surface area contributed by atoms with Crippen LogP contribution in [0.2, 0.25) is 10.0 Å². The van der Waals surface area contributed by atoms with Crippen LogP contribution < -0.4 is 21.9 Å². The molecule has 1 fully saturated rings. The monoisotopic (exact) mass is 404 g/mol. The van der Waals surface area contributed by atoms with Gasteiger partial charge in [-0.25, -0.2) is 4.79 Å². The first-order valence-electron chi connectivity index (χ1n) is 7.96. The normalized spacial score (nSPS) is 16.4. The highest BCUT2D eigenvalue weighted by Gasteiger charge is 2.23. The maximum atomic E-state index is 11.8. The number of hydrazine groups is 1. The number of anilines is 1. The number of rotatable bonds is 6. The number of nitrogens with two attached hydrogens (primary N) is 2. The van der Waals surface area contributed by atoms with Gasteiger partial charge in [0.15, 0.2) is 5.70 Å². The minimum Gasteiger partial charge on any atom is -0.461 e. The maximum Gasteiger partial charge on any atom is 0.358 e. The van der Waals surface area contributed by atoms with Crippen molar-refractivity contribution < 1.29 is 9.53 Å². The molecule has 0 atom stereocenters. The Morgan fingerprint density at radius 2 is 2.04 bits per heavy atom. The molecule has 9 heteroatoms. The van der Waals surface area contributed by atoms with Crippen LogP contribution in [0.3, 0.4) is 0 Å². The van der Waals surface area contributed by atoms with E-state index in [0.717, 1.165) is 31.6 Å². The second-order valence-electron chi connectivity index (χ2n) is 5.51. The van der Waals surface area contributed by atoms with Crippen molar-refractivity contribution in [2.24, 2.45) is 11.6 Å². The molecule has 1 aliphatic rings. The number of carbonyl (C=O) groups excluding carboxylic acids is 1. The zero-order valence-electron chi connectivity index (χ0n) is 13.9. The largest absolute Gasteiger partial charge is 0.461 e. The third kappa shape index (κ3) is 5.34. The van der Waals surface area contributed by atoms with Gasteiger partial charge in [0.05, 0.1) is 21.7 Å². The summed E-state index contributed by atoms with van der Waals surface area (Å²) < 4.78 is 4.94. The second kappa shape index (κ2) is 9.43. The van der Waals surface area contributed by atoms with Gasteiger partial charge in [-0.05, 0) is 38.0 Å². The van der Waals surface area contributed by atoms with Crippen LogP contribution in [-0.4, -0.2) is 30.9 Å². The van der Waals surface area contributed by atoms with E-state index in [4.69, 9.17) is 39.5 Å². The number of piperidine rings is 1. The van der Waals surface area contributed by atoms with Gasteiger partial charge in [0.1, 0.15) is 0 Å². The Bertz CT molecular complexity index is 649. The first kappa shape index (κ1) is 20.0. The molecule has 0 bridgehead atoms. The van der Waals surface area contributed by atoms with E-state index in [1.165, 1.54) is 11.8 Å². The third-order valence-electron chi connectivity index (χ3n) is 3.87. The van der Waals surface area contributed by atoms with E-state index in [9.17, 15) is 4.79 Å². The zero-order chi connectivity index (χ0) is 18.4. The first-order chi connectivity index (χ1) is 12.0. The van der Waals surface area contributed by atoms with Gasteiger partial charge in [-0.15, -0.1) is 11.8 Å². The minimum atomic E-state index is -0.539. The molecular formula is C16H22Cl2N4O2S. The molecule has 1 saturated heterocycles. The number of ether oxygens (including phenoxy) is 1. The smallest absolute Gasteiger partial charge is 0.358 e. The number of esters is 1.